The number of rotatable bonds is 6. The summed E-state index contributed by atoms with van der Waals surface area (Å²) in [7, 11) is 0. The maximum Gasteiger partial charge on any atom is 0.170 e. The summed E-state index contributed by atoms with van der Waals surface area (Å²) in [5, 5.41) is 13.3. The van der Waals surface area contributed by atoms with Gasteiger partial charge in [-0.05, 0) is 49.8 Å². The molecule has 0 aliphatic carbocycles. The second kappa shape index (κ2) is 7.10. The molecule has 2 aromatic rings. The van der Waals surface area contributed by atoms with E-state index in [4.69, 9.17) is 12.2 Å². The summed E-state index contributed by atoms with van der Waals surface area (Å²) < 4.78 is 2.24. The number of nitrogens with zero attached hydrogens (tertiary/aromatic N) is 3. The average Bonchev–Trinajstić information content (AvgIpc) is 3.17. The Kier molecular flexibility index (Phi) is 4.93. The normalized spacial score (nSPS) is 20.8. The van der Waals surface area contributed by atoms with Gasteiger partial charge in [0.1, 0.15) is 0 Å². The standard InChI is InChI=1S/C17H22N4OS/c1-2-20-10-5-8-14(20)16-15(13-7-3-4-9-18-13)19-17(23)21(16)11-6-12-22/h3-5,7-10,15-16,22H,2,6,11-12H2,1H3,(H,19,23)/t15-,16+/m0/s1. The lowest BCUT2D eigenvalue weighted by Crippen LogP contribution is -2.31. The van der Waals surface area contributed by atoms with Crippen LogP contribution in [-0.4, -0.2) is 37.8 Å². The summed E-state index contributed by atoms with van der Waals surface area (Å²) >= 11 is 5.56. The SMILES string of the molecule is CCn1cccc1[C@@H]1[C@H](c2ccccn2)NC(=S)N1CCCO. The molecule has 1 saturated heterocycles. The van der Waals surface area contributed by atoms with Crippen molar-refractivity contribution in [2.75, 3.05) is 13.2 Å². The molecule has 122 valence electrons. The predicted octanol–water partition coefficient (Wildman–Crippen LogP) is 2.26. The summed E-state index contributed by atoms with van der Waals surface area (Å²) in [6, 6.07) is 10.3. The minimum atomic E-state index is 0.0163. The molecular weight excluding hydrogens is 308 g/mol. The number of hydrogen-bond donors (Lipinski definition) is 2. The van der Waals surface area contributed by atoms with E-state index in [2.05, 4.69) is 45.0 Å². The lowest BCUT2D eigenvalue weighted by atomic mass is 10.0. The van der Waals surface area contributed by atoms with E-state index in [1.807, 2.05) is 24.4 Å². The van der Waals surface area contributed by atoms with Crippen LogP contribution in [0.25, 0.3) is 0 Å². The Morgan fingerprint density at radius 1 is 1.30 bits per heavy atom. The predicted molar refractivity (Wildman–Crippen MR) is 94.0 cm³/mol. The molecule has 3 heterocycles. The molecule has 0 spiro atoms. The van der Waals surface area contributed by atoms with Crippen LogP contribution in [0.3, 0.4) is 0 Å². The van der Waals surface area contributed by atoms with Crippen LogP contribution in [0.2, 0.25) is 0 Å². The van der Waals surface area contributed by atoms with Gasteiger partial charge in [-0.2, -0.15) is 0 Å². The number of aliphatic hydroxyl groups excluding tert-OH is 1. The number of hydrogen-bond acceptors (Lipinski definition) is 3. The van der Waals surface area contributed by atoms with Gasteiger partial charge in [0.15, 0.2) is 5.11 Å². The highest BCUT2D eigenvalue weighted by Crippen LogP contribution is 2.38. The van der Waals surface area contributed by atoms with Crippen LogP contribution in [0.4, 0.5) is 0 Å². The van der Waals surface area contributed by atoms with E-state index in [0.29, 0.717) is 6.42 Å². The van der Waals surface area contributed by atoms with Crippen molar-refractivity contribution < 1.29 is 5.11 Å². The lowest BCUT2D eigenvalue weighted by molar-refractivity contribution is 0.243. The largest absolute Gasteiger partial charge is 0.396 e. The summed E-state index contributed by atoms with van der Waals surface area (Å²) in [6.07, 6.45) is 4.60. The zero-order valence-electron chi connectivity index (χ0n) is 13.2. The molecule has 1 aliphatic heterocycles. The topological polar surface area (TPSA) is 53.3 Å². The van der Waals surface area contributed by atoms with Gasteiger partial charge in [-0.25, -0.2) is 0 Å². The lowest BCUT2D eigenvalue weighted by Gasteiger charge is -2.28. The van der Waals surface area contributed by atoms with Crippen LogP contribution < -0.4 is 5.32 Å². The van der Waals surface area contributed by atoms with E-state index in [1.165, 1.54) is 5.69 Å². The highest BCUT2D eigenvalue weighted by Gasteiger charge is 2.40. The van der Waals surface area contributed by atoms with Crippen LogP contribution in [0.1, 0.15) is 36.8 Å². The van der Waals surface area contributed by atoms with Gasteiger partial charge in [0, 0.05) is 37.8 Å². The smallest absolute Gasteiger partial charge is 0.170 e. The fourth-order valence-electron chi connectivity index (χ4n) is 3.19. The summed E-state index contributed by atoms with van der Waals surface area (Å²) in [6.45, 7) is 3.94. The van der Waals surface area contributed by atoms with Crippen molar-refractivity contribution in [1.82, 2.24) is 19.8 Å². The van der Waals surface area contributed by atoms with E-state index in [-0.39, 0.29) is 18.7 Å². The van der Waals surface area contributed by atoms with Gasteiger partial charge >= 0.3 is 0 Å². The van der Waals surface area contributed by atoms with Crippen molar-refractivity contribution >= 4 is 17.3 Å². The Hall–Kier alpha value is -1.92. The molecule has 2 atom stereocenters. The molecule has 0 saturated carbocycles. The molecule has 1 aliphatic rings. The van der Waals surface area contributed by atoms with E-state index < -0.39 is 0 Å². The van der Waals surface area contributed by atoms with Gasteiger partial charge in [0.2, 0.25) is 0 Å². The summed E-state index contributed by atoms with van der Waals surface area (Å²) in [5.41, 5.74) is 2.20. The van der Waals surface area contributed by atoms with Crippen LogP contribution in [0.15, 0.2) is 42.7 Å². The molecule has 0 amide bonds. The second-order valence-electron chi connectivity index (χ2n) is 5.62. The van der Waals surface area contributed by atoms with Crippen LogP contribution >= 0.6 is 12.2 Å². The second-order valence-corrected chi connectivity index (χ2v) is 6.00. The molecule has 2 aromatic heterocycles. The van der Waals surface area contributed by atoms with Crippen molar-refractivity contribution in [3.63, 3.8) is 0 Å². The maximum absolute atomic E-state index is 9.21. The molecule has 3 rings (SSSR count). The first-order chi connectivity index (χ1) is 11.3. The van der Waals surface area contributed by atoms with E-state index in [0.717, 1.165) is 23.9 Å². The van der Waals surface area contributed by atoms with E-state index >= 15 is 0 Å². The Bertz CT molecular complexity index is 658. The minimum absolute atomic E-state index is 0.0163. The van der Waals surface area contributed by atoms with E-state index in [1.54, 1.807) is 0 Å². The van der Waals surface area contributed by atoms with Gasteiger partial charge < -0.3 is 19.9 Å². The fraction of sp³-hybridized carbons (Fsp3) is 0.412. The average molecular weight is 330 g/mol. The molecule has 5 nitrogen and oxygen atoms in total. The quantitative estimate of drug-likeness (QED) is 0.796. The molecular formula is C17H22N4OS. The third-order valence-corrected chi connectivity index (χ3v) is 4.62. The Labute approximate surface area is 142 Å². The molecule has 0 bridgehead atoms. The van der Waals surface area contributed by atoms with Crippen molar-refractivity contribution in [3.8, 4) is 0 Å². The molecule has 0 radical (unpaired) electrons. The van der Waals surface area contributed by atoms with Crippen molar-refractivity contribution in [2.24, 2.45) is 0 Å². The molecule has 0 unspecified atom stereocenters. The van der Waals surface area contributed by atoms with Gasteiger partial charge in [0.25, 0.3) is 0 Å². The summed E-state index contributed by atoms with van der Waals surface area (Å²) in [5.74, 6) is 0. The number of nitrogens with one attached hydrogen (secondary N) is 1. The number of thiocarbonyl (C=S) groups is 1. The van der Waals surface area contributed by atoms with Crippen molar-refractivity contribution in [2.45, 2.75) is 32.0 Å². The third kappa shape index (κ3) is 3.09. The molecule has 0 aromatic carbocycles. The van der Waals surface area contributed by atoms with Crippen molar-refractivity contribution in [3.05, 3.63) is 54.1 Å². The first-order valence-electron chi connectivity index (χ1n) is 8.00. The maximum atomic E-state index is 9.21. The zero-order valence-corrected chi connectivity index (χ0v) is 14.0. The monoisotopic (exact) mass is 330 g/mol. The summed E-state index contributed by atoms with van der Waals surface area (Å²) in [4.78, 5) is 6.69. The van der Waals surface area contributed by atoms with E-state index in [9.17, 15) is 5.11 Å². The number of aromatic nitrogens is 2. The Morgan fingerprint density at radius 3 is 2.87 bits per heavy atom. The Balaban J connectivity index is 2.00. The first kappa shape index (κ1) is 16.0. The molecule has 6 heteroatoms. The molecule has 23 heavy (non-hydrogen) atoms. The van der Waals surface area contributed by atoms with Crippen LogP contribution in [0, 0.1) is 0 Å². The zero-order chi connectivity index (χ0) is 16.2. The highest BCUT2D eigenvalue weighted by atomic mass is 32.1. The Morgan fingerprint density at radius 2 is 2.17 bits per heavy atom. The van der Waals surface area contributed by atoms with Gasteiger partial charge in [-0.1, -0.05) is 6.07 Å². The minimum Gasteiger partial charge on any atom is -0.396 e. The molecule has 1 fully saturated rings. The van der Waals surface area contributed by atoms with Crippen LogP contribution in [0.5, 0.6) is 0 Å². The van der Waals surface area contributed by atoms with Crippen molar-refractivity contribution in [1.29, 1.82) is 0 Å². The number of aliphatic hydroxyl groups is 1. The first-order valence-corrected chi connectivity index (χ1v) is 8.41. The molecule has 2 N–H and O–H groups in total. The van der Waals surface area contributed by atoms with Gasteiger partial charge in [-0.3, -0.25) is 4.98 Å². The van der Waals surface area contributed by atoms with Crippen LogP contribution in [-0.2, 0) is 6.54 Å². The van der Waals surface area contributed by atoms with Gasteiger partial charge in [0.05, 0.1) is 17.8 Å². The third-order valence-electron chi connectivity index (χ3n) is 4.26. The van der Waals surface area contributed by atoms with Gasteiger partial charge in [-0.15, -0.1) is 0 Å². The number of pyridine rings is 1. The highest BCUT2D eigenvalue weighted by molar-refractivity contribution is 7.80. The fourth-order valence-corrected chi connectivity index (χ4v) is 3.52. The number of aryl methyl sites for hydroxylation is 1.